The minimum absolute atomic E-state index is 0.174. The molecule has 1 amide bonds. The summed E-state index contributed by atoms with van der Waals surface area (Å²) in [6, 6.07) is 3.68. The fraction of sp³-hybridized carbons (Fsp3) is 0.333. The molecule has 0 unspecified atom stereocenters. The van der Waals surface area contributed by atoms with Crippen molar-refractivity contribution in [3.05, 3.63) is 47.5 Å². The predicted molar refractivity (Wildman–Crippen MR) is 94.1 cm³/mol. The zero-order valence-corrected chi connectivity index (χ0v) is 14.2. The van der Waals surface area contributed by atoms with Crippen LogP contribution in [0.4, 0.5) is 5.82 Å². The second-order valence-corrected chi connectivity index (χ2v) is 5.90. The molecule has 3 aromatic rings. The topological polar surface area (TPSA) is 72.7 Å². The average Bonchev–Trinajstić information content (AvgIpc) is 2.92. The minimum Gasteiger partial charge on any atom is -0.306 e. The lowest BCUT2D eigenvalue weighted by atomic mass is 10.1. The van der Waals surface area contributed by atoms with Gasteiger partial charge < -0.3 is 5.32 Å². The van der Waals surface area contributed by atoms with Crippen LogP contribution in [-0.2, 0) is 6.54 Å². The molecule has 24 heavy (non-hydrogen) atoms. The number of nitrogens with zero attached hydrogens (tertiary/aromatic N) is 4. The standard InChI is InChI=1S/C18H21N5O/c1-4-5-8-23-17(12(2)10-20-23)22-18(24)15-9-14-11-19-7-6-16(14)21-13(15)3/h6-7,9-11H,4-5,8H2,1-3H3,(H,22,24). The Bertz CT molecular complexity index is 884. The van der Waals surface area contributed by atoms with Gasteiger partial charge in [0.05, 0.1) is 23.0 Å². The highest BCUT2D eigenvalue weighted by Crippen LogP contribution is 2.19. The SMILES string of the molecule is CCCCn1ncc(C)c1NC(=O)c1cc2cnccc2nc1C. The molecule has 124 valence electrons. The summed E-state index contributed by atoms with van der Waals surface area (Å²) in [6.07, 6.45) is 7.29. The highest BCUT2D eigenvalue weighted by Gasteiger charge is 2.16. The molecule has 0 aromatic carbocycles. The van der Waals surface area contributed by atoms with Crippen molar-refractivity contribution in [3.8, 4) is 0 Å². The van der Waals surface area contributed by atoms with Crippen LogP contribution >= 0.6 is 0 Å². The Morgan fingerprint density at radius 2 is 2.12 bits per heavy atom. The maximum Gasteiger partial charge on any atom is 0.258 e. The maximum atomic E-state index is 12.7. The van der Waals surface area contributed by atoms with Crippen molar-refractivity contribution in [2.45, 2.75) is 40.2 Å². The van der Waals surface area contributed by atoms with E-state index in [1.165, 1.54) is 0 Å². The fourth-order valence-corrected chi connectivity index (χ4v) is 2.64. The number of carbonyl (C=O) groups is 1. The molecule has 3 rings (SSSR count). The van der Waals surface area contributed by atoms with E-state index in [2.05, 4.69) is 27.3 Å². The minimum atomic E-state index is -0.174. The molecule has 0 aliphatic rings. The third-order valence-electron chi connectivity index (χ3n) is 4.03. The van der Waals surface area contributed by atoms with Gasteiger partial charge in [-0.15, -0.1) is 0 Å². The highest BCUT2D eigenvalue weighted by atomic mass is 16.1. The summed E-state index contributed by atoms with van der Waals surface area (Å²) in [7, 11) is 0. The lowest BCUT2D eigenvalue weighted by Crippen LogP contribution is -2.18. The number of hydrogen-bond donors (Lipinski definition) is 1. The predicted octanol–water partition coefficient (Wildman–Crippen LogP) is 3.50. The lowest BCUT2D eigenvalue weighted by Gasteiger charge is -2.11. The van der Waals surface area contributed by atoms with E-state index in [0.717, 1.165) is 41.7 Å². The first kappa shape index (κ1) is 16.1. The number of pyridine rings is 2. The number of hydrogen-bond acceptors (Lipinski definition) is 4. The third-order valence-corrected chi connectivity index (χ3v) is 4.03. The highest BCUT2D eigenvalue weighted by molar-refractivity contribution is 6.06. The Labute approximate surface area is 140 Å². The molecule has 0 aliphatic heterocycles. The Hall–Kier alpha value is -2.76. The normalized spacial score (nSPS) is 11.0. The van der Waals surface area contributed by atoms with Crippen LogP contribution in [0.3, 0.4) is 0 Å². The largest absolute Gasteiger partial charge is 0.306 e. The Morgan fingerprint density at radius 3 is 2.92 bits per heavy atom. The molecule has 0 spiro atoms. The van der Waals surface area contributed by atoms with Crippen molar-refractivity contribution in [1.29, 1.82) is 0 Å². The van der Waals surface area contributed by atoms with Gasteiger partial charge in [0.15, 0.2) is 0 Å². The van der Waals surface area contributed by atoms with Gasteiger partial charge in [-0.05, 0) is 32.4 Å². The maximum absolute atomic E-state index is 12.7. The van der Waals surface area contributed by atoms with E-state index in [4.69, 9.17) is 0 Å². The van der Waals surface area contributed by atoms with Gasteiger partial charge in [-0.1, -0.05) is 13.3 Å². The van der Waals surface area contributed by atoms with Gasteiger partial charge in [0.2, 0.25) is 0 Å². The van der Waals surface area contributed by atoms with E-state index >= 15 is 0 Å². The van der Waals surface area contributed by atoms with Gasteiger partial charge in [-0.25, -0.2) is 4.68 Å². The first-order valence-corrected chi connectivity index (χ1v) is 8.15. The van der Waals surface area contributed by atoms with E-state index in [-0.39, 0.29) is 5.91 Å². The van der Waals surface area contributed by atoms with Gasteiger partial charge >= 0.3 is 0 Å². The molecular weight excluding hydrogens is 302 g/mol. The number of aryl methyl sites for hydroxylation is 3. The summed E-state index contributed by atoms with van der Waals surface area (Å²) in [5.74, 6) is 0.575. The Morgan fingerprint density at radius 1 is 1.29 bits per heavy atom. The number of amides is 1. The van der Waals surface area contributed by atoms with Crippen molar-refractivity contribution in [3.63, 3.8) is 0 Å². The molecule has 6 heteroatoms. The number of nitrogens with one attached hydrogen (secondary N) is 1. The molecule has 0 fully saturated rings. The van der Waals surface area contributed by atoms with Crippen LogP contribution < -0.4 is 5.32 Å². The van der Waals surface area contributed by atoms with Crippen molar-refractivity contribution >= 4 is 22.6 Å². The number of rotatable bonds is 5. The summed E-state index contributed by atoms with van der Waals surface area (Å²) < 4.78 is 1.85. The molecule has 0 saturated heterocycles. The quantitative estimate of drug-likeness (QED) is 0.780. The molecule has 0 atom stereocenters. The second kappa shape index (κ2) is 6.78. The lowest BCUT2D eigenvalue weighted by molar-refractivity contribution is 0.102. The van der Waals surface area contributed by atoms with Gasteiger partial charge in [0.1, 0.15) is 5.82 Å². The molecule has 0 saturated carbocycles. The molecule has 3 heterocycles. The van der Waals surface area contributed by atoms with Crippen LogP contribution in [0.15, 0.2) is 30.7 Å². The third kappa shape index (κ3) is 3.13. The summed E-state index contributed by atoms with van der Waals surface area (Å²) in [4.78, 5) is 21.3. The van der Waals surface area contributed by atoms with Crippen LogP contribution in [0, 0.1) is 13.8 Å². The van der Waals surface area contributed by atoms with Crippen molar-refractivity contribution in [1.82, 2.24) is 19.7 Å². The average molecular weight is 323 g/mol. The summed E-state index contributed by atoms with van der Waals surface area (Å²) in [5, 5.41) is 8.19. The molecular formula is C18H21N5O. The van der Waals surface area contributed by atoms with Crippen molar-refractivity contribution in [2.24, 2.45) is 0 Å². The summed E-state index contributed by atoms with van der Waals surface area (Å²) in [5.41, 5.74) is 3.04. The van der Waals surface area contributed by atoms with Crippen LogP contribution in [0.1, 0.15) is 41.4 Å². The number of unbranched alkanes of at least 4 members (excludes halogenated alkanes) is 1. The van der Waals surface area contributed by atoms with E-state index in [1.54, 1.807) is 18.6 Å². The zero-order chi connectivity index (χ0) is 17.1. The molecule has 6 nitrogen and oxygen atoms in total. The summed E-state index contributed by atoms with van der Waals surface area (Å²) >= 11 is 0. The van der Waals surface area contributed by atoms with Crippen LogP contribution in [0.2, 0.25) is 0 Å². The summed E-state index contributed by atoms with van der Waals surface area (Å²) in [6.45, 7) is 6.71. The molecule has 0 bridgehead atoms. The smallest absolute Gasteiger partial charge is 0.258 e. The Balaban J connectivity index is 1.90. The number of aromatic nitrogens is 4. The molecule has 0 aliphatic carbocycles. The molecule has 0 radical (unpaired) electrons. The van der Waals surface area contributed by atoms with Gasteiger partial charge in [-0.3, -0.25) is 14.8 Å². The van der Waals surface area contributed by atoms with E-state index in [1.807, 2.05) is 30.7 Å². The monoisotopic (exact) mass is 323 g/mol. The van der Waals surface area contributed by atoms with E-state index in [0.29, 0.717) is 11.3 Å². The van der Waals surface area contributed by atoms with Gasteiger partial charge in [0.25, 0.3) is 5.91 Å². The number of fused-ring (bicyclic) bond motifs is 1. The van der Waals surface area contributed by atoms with Gasteiger partial charge in [-0.2, -0.15) is 5.10 Å². The first-order chi connectivity index (χ1) is 11.6. The Kier molecular flexibility index (Phi) is 4.55. The number of anilines is 1. The van der Waals surface area contributed by atoms with Crippen LogP contribution in [0.5, 0.6) is 0 Å². The van der Waals surface area contributed by atoms with Crippen LogP contribution in [-0.4, -0.2) is 25.7 Å². The van der Waals surface area contributed by atoms with Gasteiger partial charge in [0, 0.05) is 29.9 Å². The number of carbonyl (C=O) groups excluding carboxylic acids is 1. The fourth-order valence-electron chi connectivity index (χ4n) is 2.64. The zero-order valence-electron chi connectivity index (χ0n) is 14.2. The molecule has 3 aromatic heterocycles. The first-order valence-electron chi connectivity index (χ1n) is 8.15. The second-order valence-electron chi connectivity index (χ2n) is 5.90. The van der Waals surface area contributed by atoms with E-state index < -0.39 is 0 Å². The van der Waals surface area contributed by atoms with Crippen molar-refractivity contribution in [2.75, 3.05) is 5.32 Å². The molecule has 1 N–H and O–H groups in total. The van der Waals surface area contributed by atoms with E-state index in [9.17, 15) is 4.79 Å². The van der Waals surface area contributed by atoms with Crippen LogP contribution in [0.25, 0.3) is 10.9 Å². The van der Waals surface area contributed by atoms with Crippen molar-refractivity contribution < 1.29 is 4.79 Å².